The van der Waals surface area contributed by atoms with Crippen LogP contribution in [0.15, 0.2) is 96.0 Å². The van der Waals surface area contributed by atoms with Gasteiger partial charge < -0.3 is 14.6 Å². The van der Waals surface area contributed by atoms with Crippen LogP contribution in [-0.2, 0) is 16.2 Å². The van der Waals surface area contributed by atoms with Crippen molar-refractivity contribution >= 4 is 33.9 Å². The lowest BCUT2D eigenvalue weighted by Gasteiger charge is -2.23. The first-order valence-corrected chi connectivity index (χ1v) is 12.1. The molecule has 1 N–H and O–H groups in total. The molecule has 8 heteroatoms. The first-order chi connectivity index (χ1) is 17.6. The summed E-state index contributed by atoms with van der Waals surface area (Å²) in [5.74, 6) is -0.615. The van der Waals surface area contributed by atoms with E-state index < -0.39 is 17.7 Å². The molecule has 1 fully saturated rings. The minimum atomic E-state index is -0.876. The number of benzene rings is 3. The summed E-state index contributed by atoms with van der Waals surface area (Å²) in [5.41, 5.74) is 2.01. The third kappa shape index (κ3) is 4.46. The van der Waals surface area contributed by atoms with Gasteiger partial charge in [0.25, 0.3) is 5.78 Å². The molecule has 0 spiro atoms. The molecule has 5 rings (SSSR count). The van der Waals surface area contributed by atoms with Crippen molar-refractivity contribution in [3.05, 3.63) is 113 Å². The number of hydrogen-bond acceptors (Lipinski definition) is 7. The zero-order valence-corrected chi connectivity index (χ0v) is 20.1. The van der Waals surface area contributed by atoms with Crippen LogP contribution in [0.4, 0.5) is 5.13 Å². The fourth-order valence-corrected chi connectivity index (χ4v) is 4.77. The van der Waals surface area contributed by atoms with Crippen molar-refractivity contribution < 1.29 is 24.2 Å². The lowest BCUT2D eigenvalue weighted by molar-refractivity contribution is -0.132. The third-order valence-electron chi connectivity index (χ3n) is 5.86. The topological polar surface area (TPSA) is 89.0 Å². The molecular weight excluding hydrogens is 476 g/mol. The van der Waals surface area contributed by atoms with Gasteiger partial charge >= 0.3 is 5.91 Å². The Balaban J connectivity index is 1.57. The molecule has 0 saturated carbocycles. The third-order valence-corrected chi connectivity index (χ3v) is 6.63. The molecule has 1 aromatic heterocycles. The van der Waals surface area contributed by atoms with Gasteiger partial charge in [0.1, 0.15) is 23.9 Å². The van der Waals surface area contributed by atoms with Crippen molar-refractivity contribution in [3.63, 3.8) is 0 Å². The van der Waals surface area contributed by atoms with Crippen molar-refractivity contribution in [1.29, 1.82) is 0 Å². The summed E-state index contributed by atoms with van der Waals surface area (Å²) >= 11 is 1.24. The molecule has 1 aliphatic rings. The number of aromatic nitrogens is 1. The largest absolute Gasteiger partial charge is 0.507 e. The molecule has 36 heavy (non-hydrogen) atoms. The van der Waals surface area contributed by atoms with Crippen molar-refractivity contribution in [3.8, 4) is 11.5 Å². The van der Waals surface area contributed by atoms with Gasteiger partial charge in [0, 0.05) is 17.1 Å². The average Bonchev–Trinajstić information content (AvgIpc) is 3.54. The Morgan fingerprint density at radius 1 is 1.00 bits per heavy atom. The molecule has 2 heterocycles. The molecule has 0 aliphatic carbocycles. The van der Waals surface area contributed by atoms with Crippen LogP contribution < -0.4 is 14.4 Å². The van der Waals surface area contributed by atoms with Crippen LogP contribution >= 0.6 is 11.3 Å². The number of Topliss-reactive ketones (excluding diaryl/α,β-unsaturated/α-hetero) is 1. The van der Waals surface area contributed by atoms with Gasteiger partial charge in [-0.25, -0.2) is 4.98 Å². The van der Waals surface area contributed by atoms with Crippen LogP contribution in [0.2, 0.25) is 0 Å². The number of hydrogen-bond donors (Lipinski definition) is 1. The Labute approximate surface area is 211 Å². The second-order valence-corrected chi connectivity index (χ2v) is 8.93. The van der Waals surface area contributed by atoms with E-state index >= 15 is 0 Å². The molecule has 1 saturated heterocycles. The summed E-state index contributed by atoms with van der Waals surface area (Å²) < 4.78 is 11.2. The number of aliphatic hydroxyl groups excluding tert-OH is 1. The van der Waals surface area contributed by atoms with E-state index in [9.17, 15) is 14.7 Å². The number of nitrogens with zero attached hydrogens (tertiary/aromatic N) is 2. The number of rotatable bonds is 7. The van der Waals surface area contributed by atoms with Crippen LogP contribution in [0, 0.1) is 0 Å². The Morgan fingerprint density at radius 2 is 1.78 bits per heavy atom. The molecular formula is C28H22N2O5S. The number of thiazole rings is 1. The summed E-state index contributed by atoms with van der Waals surface area (Å²) in [4.78, 5) is 32.0. The zero-order valence-electron chi connectivity index (χ0n) is 19.3. The summed E-state index contributed by atoms with van der Waals surface area (Å²) in [6.45, 7) is 0.364. The van der Waals surface area contributed by atoms with E-state index in [-0.39, 0.29) is 11.3 Å². The van der Waals surface area contributed by atoms with Gasteiger partial charge in [-0.3, -0.25) is 14.5 Å². The number of anilines is 1. The monoisotopic (exact) mass is 498 g/mol. The molecule has 0 bridgehead atoms. The molecule has 1 atom stereocenters. The summed E-state index contributed by atoms with van der Waals surface area (Å²) in [7, 11) is 1.54. The predicted octanol–water partition coefficient (Wildman–Crippen LogP) is 5.36. The van der Waals surface area contributed by atoms with Crippen molar-refractivity contribution in [2.24, 2.45) is 0 Å². The SMILES string of the molecule is COc1ccc(C(O)=C2C(=O)C(=O)N(c3nccs3)C2c2cccc(OCc3ccccc3)c2)cc1. The molecule has 7 nitrogen and oxygen atoms in total. The fourth-order valence-electron chi connectivity index (χ4n) is 4.10. The first-order valence-electron chi connectivity index (χ1n) is 11.2. The molecule has 4 aromatic rings. The van der Waals surface area contributed by atoms with Gasteiger partial charge in [-0.2, -0.15) is 0 Å². The van der Waals surface area contributed by atoms with Gasteiger partial charge in [-0.05, 0) is 47.5 Å². The number of ether oxygens (including phenoxy) is 2. The maximum atomic E-state index is 13.2. The molecule has 1 unspecified atom stereocenters. The second-order valence-electron chi connectivity index (χ2n) is 8.06. The number of carbonyl (C=O) groups is 2. The minimum absolute atomic E-state index is 0.0134. The number of ketones is 1. The lowest BCUT2D eigenvalue weighted by atomic mass is 9.95. The molecule has 3 aromatic carbocycles. The van der Waals surface area contributed by atoms with Gasteiger partial charge in [0.05, 0.1) is 18.7 Å². The molecule has 180 valence electrons. The van der Waals surface area contributed by atoms with Crippen LogP contribution in [0.5, 0.6) is 11.5 Å². The van der Waals surface area contributed by atoms with E-state index in [4.69, 9.17) is 9.47 Å². The number of aliphatic hydroxyl groups is 1. The normalized spacial score (nSPS) is 16.8. The van der Waals surface area contributed by atoms with E-state index in [0.717, 1.165) is 5.56 Å². The second kappa shape index (κ2) is 10.1. The highest BCUT2D eigenvalue weighted by atomic mass is 32.1. The highest BCUT2D eigenvalue weighted by molar-refractivity contribution is 7.14. The summed E-state index contributed by atoms with van der Waals surface area (Å²) in [6, 6.07) is 22.7. The van der Waals surface area contributed by atoms with E-state index in [1.807, 2.05) is 36.4 Å². The quantitative estimate of drug-likeness (QED) is 0.210. The van der Waals surface area contributed by atoms with Crippen LogP contribution in [-0.4, -0.2) is 28.9 Å². The first kappa shape index (κ1) is 23.3. The van der Waals surface area contributed by atoms with Gasteiger partial charge in [-0.15, -0.1) is 11.3 Å². The van der Waals surface area contributed by atoms with Crippen LogP contribution in [0.1, 0.15) is 22.7 Å². The predicted molar refractivity (Wildman–Crippen MR) is 137 cm³/mol. The summed E-state index contributed by atoms with van der Waals surface area (Å²) in [6.07, 6.45) is 1.57. The maximum Gasteiger partial charge on any atom is 0.301 e. The van der Waals surface area contributed by atoms with Gasteiger partial charge in [-0.1, -0.05) is 42.5 Å². The fraction of sp³-hybridized carbons (Fsp3) is 0.107. The maximum absolute atomic E-state index is 13.2. The standard InChI is InChI=1S/C28H22N2O5S/c1-34-21-12-10-19(11-13-21)25(31)23-24(30(27(33)26(23)32)28-29-14-15-36-28)20-8-5-9-22(16-20)35-17-18-6-3-2-4-7-18/h2-16,24,31H,17H2,1H3. The van der Waals surface area contributed by atoms with E-state index in [1.165, 1.54) is 16.2 Å². The van der Waals surface area contributed by atoms with Crippen LogP contribution in [0.3, 0.4) is 0 Å². The Morgan fingerprint density at radius 3 is 2.47 bits per heavy atom. The number of carbonyl (C=O) groups excluding carboxylic acids is 2. The Hall–Kier alpha value is -4.43. The van der Waals surface area contributed by atoms with E-state index in [2.05, 4.69) is 4.98 Å². The van der Waals surface area contributed by atoms with Gasteiger partial charge in [0.2, 0.25) is 0 Å². The van der Waals surface area contributed by atoms with Crippen molar-refractivity contribution in [1.82, 2.24) is 4.98 Å². The van der Waals surface area contributed by atoms with E-state index in [1.54, 1.807) is 61.2 Å². The van der Waals surface area contributed by atoms with Crippen molar-refractivity contribution in [2.75, 3.05) is 12.0 Å². The van der Waals surface area contributed by atoms with Crippen molar-refractivity contribution in [2.45, 2.75) is 12.6 Å². The molecule has 0 radical (unpaired) electrons. The number of amides is 1. The molecule has 1 aliphatic heterocycles. The lowest BCUT2D eigenvalue weighted by Crippen LogP contribution is -2.29. The summed E-state index contributed by atoms with van der Waals surface area (Å²) in [5, 5.41) is 13.3. The zero-order chi connectivity index (χ0) is 25.1. The Bertz CT molecular complexity index is 1420. The highest BCUT2D eigenvalue weighted by Gasteiger charge is 2.48. The highest BCUT2D eigenvalue weighted by Crippen LogP contribution is 2.43. The average molecular weight is 499 g/mol. The minimum Gasteiger partial charge on any atom is -0.507 e. The molecule has 1 amide bonds. The Kier molecular flexibility index (Phi) is 6.51. The van der Waals surface area contributed by atoms with Gasteiger partial charge in [0.15, 0.2) is 5.13 Å². The van der Waals surface area contributed by atoms with Crippen LogP contribution in [0.25, 0.3) is 5.76 Å². The smallest absolute Gasteiger partial charge is 0.301 e. The number of methoxy groups -OCH3 is 1. The van der Waals surface area contributed by atoms with E-state index in [0.29, 0.717) is 34.4 Å².